The molecular formula is C24H19BrN2O4S. The molecule has 0 bridgehead atoms. The van der Waals surface area contributed by atoms with Crippen LogP contribution in [0.25, 0.3) is 0 Å². The van der Waals surface area contributed by atoms with E-state index in [1.54, 1.807) is 48.7 Å². The number of imide groups is 1. The van der Waals surface area contributed by atoms with Gasteiger partial charge in [0, 0.05) is 17.5 Å². The monoisotopic (exact) mass is 510 g/mol. The molecule has 162 valence electrons. The first-order valence-electron chi connectivity index (χ1n) is 10.00. The fraction of sp³-hybridized carbons (Fsp3) is 0.167. The molecule has 1 atom stereocenters. The lowest BCUT2D eigenvalue weighted by atomic mass is 10.0. The SMILES string of the molecule is CCOC(=O)C(Cc1ccc(N=Cc2ccc(Br)s2)cc1)N1C(=O)c2ccccc2C1=O. The van der Waals surface area contributed by atoms with E-state index < -0.39 is 23.8 Å². The largest absolute Gasteiger partial charge is 0.464 e. The standard InChI is InChI=1S/C24H19BrN2O4S/c1-2-31-24(30)20(27-22(28)18-5-3-4-6-19(18)23(27)29)13-15-7-9-16(10-8-15)26-14-17-11-12-21(25)32-17/h3-12,14,20H,2,13H2,1H3. The predicted molar refractivity (Wildman–Crippen MR) is 127 cm³/mol. The maximum Gasteiger partial charge on any atom is 0.329 e. The molecule has 0 saturated heterocycles. The Morgan fingerprint density at radius 1 is 1.06 bits per heavy atom. The van der Waals surface area contributed by atoms with Crippen molar-refractivity contribution in [2.45, 2.75) is 19.4 Å². The van der Waals surface area contributed by atoms with Crippen molar-refractivity contribution in [3.63, 3.8) is 0 Å². The van der Waals surface area contributed by atoms with Crippen LogP contribution in [-0.2, 0) is 16.0 Å². The quantitative estimate of drug-likeness (QED) is 0.253. The third-order valence-electron chi connectivity index (χ3n) is 5.00. The second kappa shape index (κ2) is 9.58. The molecule has 1 aromatic heterocycles. The maximum absolute atomic E-state index is 12.9. The molecule has 3 aromatic rings. The molecule has 0 N–H and O–H groups in total. The first-order valence-corrected chi connectivity index (χ1v) is 11.6. The molecule has 0 spiro atoms. The number of hydrogen-bond donors (Lipinski definition) is 0. The zero-order valence-electron chi connectivity index (χ0n) is 17.2. The molecular weight excluding hydrogens is 492 g/mol. The summed E-state index contributed by atoms with van der Waals surface area (Å²) in [6.07, 6.45) is 1.94. The Kier molecular flexibility index (Phi) is 6.62. The topological polar surface area (TPSA) is 76.0 Å². The van der Waals surface area contributed by atoms with Crippen molar-refractivity contribution in [1.82, 2.24) is 4.90 Å². The molecule has 4 rings (SSSR count). The van der Waals surface area contributed by atoms with Crippen molar-refractivity contribution < 1.29 is 19.1 Å². The van der Waals surface area contributed by atoms with Gasteiger partial charge in [0.15, 0.2) is 0 Å². The number of ether oxygens (including phenoxy) is 1. The minimum Gasteiger partial charge on any atom is -0.464 e. The second-order valence-electron chi connectivity index (χ2n) is 7.06. The Morgan fingerprint density at radius 3 is 2.28 bits per heavy atom. The van der Waals surface area contributed by atoms with Gasteiger partial charge in [0.25, 0.3) is 11.8 Å². The summed E-state index contributed by atoms with van der Waals surface area (Å²) in [5.74, 6) is -1.56. The molecule has 32 heavy (non-hydrogen) atoms. The number of fused-ring (bicyclic) bond motifs is 1. The van der Waals surface area contributed by atoms with Gasteiger partial charge in [0.05, 0.1) is 27.2 Å². The molecule has 1 aliphatic rings. The summed E-state index contributed by atoms with van der Waals surface area (Å²) in [5.41, 5.74) is 2.15. The highest BCUT2D eigenvalue weighted by Crippen LogP contribution is 2.27. The number of carbonyl (C=O) groups excluding carboxylic acids is 3. The van der Waals surface area contributed by atoms with E-state index in [-0.39, 0.29) is 13.0 Å². The summed E-state index contributed by atoms with van der Waals surface area (Å²) in [5, 5.41) is 0. The zero-order valence-corrected chi connectivity index (χ0v) is 19.6. The maximum atomic E-state index is 12.9. The van der Waals surface area contributed by atoms with Crippen molar-refractivity contribution in [2.24, 2.45) is 4.99 Å². The molecule has 1 aliphatic heterocycles. The minimum absolute atomic E-state index is 0.158. The lowest BCUT2D eigenvalue weighted by Crippen LogP contribution is -2.47. The fourth-order valence-corrected chi connectivity index (χ4v) is 4.78. The Morgan fingerprint density at radius 2 is 1.72 bits per heavy atom. The lowest BCUT2D eigenvalue weighted by molar-refractivity contribution is -0.147. The van der Waals surface area contributed by atoms with Crippen LogP contribution in [0.5, 0.6) is 0 Å². The zero-order chi connectivity index (χ0) is 22.7. The molecule has 8 heteroatoms. The fourth-order valence-electron chi connectivity index (χ4n) is 3.49. The number of hydrogen-bond acceptors (Lipinski definition) is 6. The van der Waals surface area contributed by atoms with Crippen LogP contribution in [0.15, 0.2) is 69.4 Å². The first-order chi connectivity index (χ1) is 15.5. The summed E-state index contributed by atoms with van der Waals surface area (Å²) in [6.45, 7) is 1.85. The third-order valence-corrected chi connectivity index (χ3v) is 6.55. The van der Waals surface area contributed by atoms with Gasteiger partial charge in [0.1, 0.15) is 6.04 Å². The van der Waals surface area contributed by atoms with Gasteiger partial charge in [-0.1, -0.05) is 24.3 Å². The third kappa shape index (κ3) is 4.56. The number of halogens is 1. The molecule has 6 nitrogen and oxygen atoms in total. The number of nitrogens with zero attached hydrogens (tertiary/aromatic N) is 2. The van der Waals surface area contributed by atoms with E-state index in [1.165, 1.54) is 0 Å². The molecule has 0 fully saturated rings. The highest BCUT2D eigenvalue weighted by Gasteiger charge is 2.43. The van der Waals surface area contributed by atoms with Crippen LogP contribution in [0.3, 0.4) is 0 Å². The van der Waals surface area contributed by atoms with Crippen molar-refractivity contribution in [3.05, 3.63) is 86.0 Å². The molecule has 1 unspecified atom stereocenters. The summed E-state index contributed by atoms with van der Waals surface area (Å²) >= 11 is 5.01. The number of carbonyl (C=O) groups is 3. The van der Waals surface area contributed by atoms with Gasteiger partial charge in [-0.25, -0.2) is 4.79 Å². The Hall–Kier alpha value is -3.10. The predicted octanol–water partition coefficient (Wildman–Crippen LogP) is 5.03. The van der Waals surface area contributed by atoms with Gasteiger partial charge in [-0.3, -0.25) is 19.5 Å². The average molecular weight is 511 g/mol. The summed E-state index contributed by atoms with van der Waals surface area (Å²) in [4.78, 5) is 45.0. The number of rotatable bonds is 7. The van der Waals surface area contributed by atoms with Crippen LogP contribution < -0.4 is 0 Å². The van der Waals surface area contributed by atoms with Crippen molar-refractivity contribution >= 4 is 57.0 Å². The van der Waals surface area contributed by atoms with Gasteiger partial charge in [0.2, 0.25) is 0 Å². The molecule has 0 saturated carbocycles. The molecule has 2 heterocycles. The van der Waals surface area contributed by atoms with E-state index >= 15 is 0 Å². The second-order valence-corrected chi connectivity index (χ2v) is 9.56. The molecule has 0 radical (unpaired) electrons. The van der Waals surface area contributed by atoms with Gasteiger partial charge in [-0.05, 0) is 64.8 Å². The van der Waals surface area contributed by atoms with Crippen LogP contribution in [0.4, 0.5) is 5.69 Å². The number of thiophene rings is 1. The van der Waals surface area contributed by atoms with Gasteiger partial charge >= 0.3 is 5.97 Å². The van der Waals surface area contributed by atoms with Crippen LogP contribution >= 0.6 is 27.3 Å². The number of aliphatic imine (C=N–C) groups is 1. The van der Waals surface area contributed by atoms with Crippen LogP contribution in [0, 0.1) is 0 Å². The molecule has 2 aromatic carbocycles. The Labute approximate surface area is 197 Å². The number of benzene rings is 2. The lowest BCUT2D eigenvalue weighted by Gasteiger charge is -2.24. The van der Waals surface area contributed by atoms with E-state index in [0.717, 1.165) is 24.8 Å². The van der Waals surface area contributed by atoms with Crippen LogP contribution in [-0.4, -0.2) is 41.5 Å². The number of esters is 1. The van der Waals surface area contributed by atoms with Crippen LogP contribution in [0.2, 0.25) is 0 Å². The van der Waals surface area contributed by atoms with E-state index in [2.05, 4.69) is 20.9 Å². The van der Waals surface area contributed by atoms with Crippen LogP contribution in [0.1, 0.15) is 38.1 Å². The van der Waals surface area contributed by atoms with E-state index in [4.69, 9.17) is 4.74 Å². The van der Waals surface area contributed by atoms with Gasteiger partial charge in [-0.2, -0.15) is 0 Å². The Bertz CT molecular complexity index is 1170. The molecule has 0 aliphatic carbocycles. The van der Waals surface area contributed by atoms with Crippen molar-refractivity contribution in [1.29, 1.82) is 0 Å². The number of amides is 2. The van der Waals surface area contributed by atoms with E-state index in [9.17, 15) is 14.4 Å². The van der Waals surface area contributed by atoms with Crippen molar-refractivity contribution in [3.8, 4) is 0 Å². The highest BCUT2D eigenvalue weighted by atomic mass is 79.9. The summed E-state index contributed by atoms with van der Waals surface area (Å²) in [7, 11) is 0. The highest BCUT2D eigenvalue weighted by molar-refractivity contribution is 9.11. The van der Waals surface area contributed by atoms with E-state index in [0.29, 0.717) is 11.1 Å². The smallest absolute Gasteiger partial charge is 0.329 e. The summed E-state index contributed by atoms with van der Waals surface area (Å²) in [6, 6.07) is 16.8. The van der Waals surface area contributed by atoms with Crippen molar-refractivity contribution in [2.75, 3.05) is 6.61 Å². The van der Waals surface area contributed by atoms with Gasteiger partial charge < -0.3 is 4.74 Å². The van der Waals surface area contributed by atoms with Gasteiger partial charge in [-0.15, -0.1) is 11.3 Å². The summed E-state index contributed by atoms with van der Waals surface area (Å²) < 4.78 is 6.22. The first kappa shape index (κ1) is 22.1. The average Bonchev–Trinajstić information content (AvgIpc) is 3.33. The molecule has 2 amide bonds. The normalized spacial score (nSPS) is 14.1. The minimum atomic E-state index is -1.04. The van der Waals surface area contributed by atoms with E-state index in [1.807, 2.05) is 36.4 Å². The Balaban J connectivity index is 1.55.